The van der Waals surface area contributed by atoms with Crippen molar-refractivity contribution in [2.45, 2.75) is 24.6 Å². The van der Waals surface area contributed by atoms with Crippen molar-refractivity contribution in [2.75, 3.05) is 25.9 Å². The molecule has 2 rings (SSSR count). The number of piperidine rings is 1. The Bertz CT molecular complexity index is 432. The fraction of sp³-hybridized carbons (Fsp3) is 0.533. The maximum atomic E-state index is 12.1. The Morgan fingerprint density at radius 1 is 1.35 bits per heavy atom. The summed E-state index contributed by atoms with van der Waals surface area (Å²) in [6.45, 7) is 2.79. The number of nitrogens with one attached hydrogen (secondary N) is 1. The molecule has 5 heteroatoms. The molecule has 1 aliphatic heterocycles. The van der Waals surface area contributed by atoms with Gasteiger partial charge in [0.15, 0.2) is 0 Å². The second kappa shape index (κ2) is 7.91. The topological polar surface area (TPSA) is 32.3 Å². The Kier molecular flexibility index (Phi) is 6.20. The van der Waals surface area contributed by atoms with Crippen LogP contribution in [0.4, 0.5) is 0 Å². The summed E-state index contributed by atoms with van der Waals surface area (Å²) in [5, 5.41) is 4.70. The average molecular weight is 313 g/mol. The van der Waals surface area contributed by atoms with Gasteiger partial charge in [0.2, 0.25) is 5.91 Å². The predicted molar refractivity (Wildman–Crippen MR) is 86.3 cm³/mol. The fourth-order valence-electron chi connectivity index (χ4n) is 2.21. The summed E-state index contributed by atoms with van der Waals surface area (Å²) in [5.74, 6) is 0.776. The summed E-state index contributed by atoms with van der Waals surface area (Å²) in [4.78, 5) is 13.9. The first kappa shape index (κ1) is 15.7. The number of nitrogens with zero attached hydrogens (tertiary/aromatic N) is 1. The van der Waals surface area contributed by atoms with Crippen molar-refractivity contribution in [3.8, 4) is 0 Å². The first-order chi connectivity index (χ1) is 9.65. The third kappa shape index (κ3) is 5.00. The number of benzene rings is 1. The second-order valence-corrected chi connectivity index (χ2v) is 6.86. The molecular formula is C15H21ClN2OS. The van der Waals surface area contributed by atoms with Crippen LogP contribution < -0.4 is 5.32 Å². The summed E-state index contributed by atoms with van der Waals surface area (Å²) in [6.07, 6.45) is 2.33. The number of carbonyl (C=O) groups is 1. The van der Waals surface area contributed by atoms with Gasteiger partial charge in [0, 0.05) is 23.9 Å². The molecule has 1 aliphatic rings. The van der Waals surface area contributed by atoms with Crippen LogP contribution in [0.25, 0.3) is 0 Å². The number of rotatable bonds is 5. The van der Waals surface area contributed by atoms with Gasteiger partial charge in [0.25, 0.3) is 0 Å². The third-order valence-corrected chi connectivity index (χ3v) is 5.10. The lowest BCUT2D eigenvalue weighted by atomic mass is 10.2. The van der Waals surface area contributed by atoms with Gasteiger partial charge in [-0.2, -0.15) is 0 Å². The number of amides is 1. The lowest BCUT2D eigenvalue weighted by Gasteiger charge is -2.23. The van der Waals surface area contributed by atoms with Crippen LogP contribution in [-0.4, -0.2) is 41.9 Å². The van der Waals surface area contributed by atoms with E-state index in [4.69, 9.17) is 11.6 Å². The predicted octanol–water partition coefficient (Wildman–Crippen LogP) is 2.78. The quantitative estimate of drug-likeness (QED) is 0.907. The van der Waals surface area contributed by atoms with E-state index in [-0.39, 0.29) is 5.91 Å². The van der Waals surface area contributed by atoms with E-state index >= 15 is 0 Å². The van der Waals surface area contributed by atoms with Gasteiger partial charge < -0.3 is 10.2 Å². The van der Waals surface area contributed by atoms with Gasteiger partial charge in [-0.15, -0.1) is 11.8 Å². The highest BCUT2D eigenvalue weighted by Gasteiger charge is 2.16. The number of hydrogen-bond acceptors (Lipinski definition) is 3. The van der Waals surface area contributed by atoms with E-state index in [0.29, 0.717) is 17.5 Å². The summed E-state index contributed by atoms with van der Waals surface area (Å²) in [5.41, 5.74) is 1.11. The number of thioether (sulfide) groups is 1. The first-order valence-electron chi connectivity index (χ1n) is 6.96. The molecular weight excluding hydrogens is 292 g/mol. The minimum absolute atomic E-state index is 0.198. The summed E-state index contributed by atoms with van der Waals surface area (Å²) in [7, 11) is 1.86. The lowest BCUT2D eigenvalue weighted by Crippen LogP contribution is -2.32. The zero-order valence-corrected chi connectivity index (χ0v) is 13.3. The fourth-order valence-corrected chi connectivity index (χ4v) is 3.51. The first-order valence-corrected chi connectivity index (χ1v) is 8.38. The highest BCUT2D eigenvalue weighted by atomic mass is 35.5. The standard InChI is InChI=1S/C15H21ClN2OS/c1-18(10-12-2-4-13(16)5-3-12)15(19)11-20-14-6-8-17-9-7-14/h2-5,14,17H,6-11H2,1H3. The summed E-state index contributed by atoms with van der Waals surface area (Å²) in [6, 6.07) is 7.65. The Morgan fingerprint density at radius 2 is 2.00 bits per heavy atom. The number of carbonyl (C=O) groups excluding carboxylic acids is 1. The molecule has 0 atom stereocenters. The Hall–Kier alpha value is -0.710. The molecule has 0 radical (unpaired) electrons. The van der Waals surface area contributed by atoms with Crippen LogP contribution in [0.1, 0.15) is 18.4 Å². The lowest BCUT2D eigenvalue weighted by molar-refractivity contribution is -0.127. The molecule has 1 aromatic rings. The van der Waals surface area contributed by atoms with E-state index < -0.39 is 0 Å². The Labute approximate surface area is 130 Å². The number of halogens is 1. The molecule has 0 aliphatic carbocycles. The minimum Gasteiger partial charge on any atom is -0.341 e. The molecule has 1 fully saturated rings. The zero-order valence-electron chi connectivity index (χ0n) is 11.8. The molecule has 0 bridgehead atoms. The minimum atomic E-state index is 0.198. The van der Waals surface area contributed by atoms with E-state index in [9.17, 15) is 4.79 Å². The van der Waals surface area contributed by atoms with Crippen molar-refractivity contribution in [2.24, 2.45) is 0 Å². The van der Waals surface area contributed by atoms with Gasteiger partial charge in [0.05, 0.1) is 5.75 Å². The largest absolute Gasteiger partial charge is 0.341 e. The molecule has 0 saturated carbocycles. The average Bonchev–Trinajstić information content (AvgIpc) is 2.48. The van der Waals surface area contributed by atoms with Gasteiger partial charge in [-0.05, 0) is 43.6 Å². The zero-order chi connectivity index (χ0) is 14.4. The molecule has 1 aromatic carbocycles. The van der Waals surface area contributed by atoms with Crippen molar-refractivity contribution < 1.29 is 4.79 Å². The van der Waals surface area contributed by atoms with Crippen molar-refractivity contribution >= 4 is 29.3 Å². The van der Waals surface area contributed by atoms with Crippen LogP contribution in [0, 0.1) is 0 Å². The van der Waals surface area contributed by atoms with Crippen LogP contribution in [0.5, 0.6) is 0 Å². The molecule has 3 nitrogen and oxygen atoms in total. The van der Waals surface area contributed by atoms with Crippen LogP contribution in [0.3, 0.4) is 0 Å². The van der Waals surface area contributed by atoms with Crippen LogP contribution in [0.15, 0.2) is 24.3 Å². The van der Waals surface area contributed by atoms with E-state index in [2.05, 4.69) is 5.32 Å². The molecule has 1 N–H and O–H groups in total. The van der Waals surface area contributed by atoms with Crippen molar-refractivity contribution in [3.05, 3.63) is 34.9 Å². The van der Waals surface area contributed by atoms with Crippen molar-refractivity contribution in [1.82, 2.24) is 10.2 Å². The molecule has 1 heterocycles. The maximum absolute atomic E-state index is 12.1. The molecule has 110 valence electrons. The van der Waals surface area contributed by atoms with Crippen molar-refractivity contribution in [3.63, 3.8) is 0 Å². The monoisotopic (exact) mass is 312 g/mol. The SMILES string of the molecule is CN(Cc1ccc(Cl)cc1)C(=O)CSC1CCNCC1. The van der Waals surface area contributed by atoms with E-state index in [1.54, 1.807) is 16.7 Å². The maximum Gasteiger partial charge on any atom is 0.232 e. The van der Waals surface area contributed by atoms with E-state index in [0.717, 1.165) is 23.7 Å². The van der Waals surface area contributed by atoms with Gasteiger partial charge in [-0.25, -0.2) is 0 Å². The molecule has 0 aromatic heterocycles. The molecule has 1 saturated heterocycles. The molecule has 1 amide bonds. The van der Waals surface area contributed by atoms with Crippen molar-refractivity contribution in [1.29, 1.82) is 0 Å². The number of hydrogen-bond donors (Lipinski definition) is 1. The molecule has 20 heavy (non-hydrogen) atoms. The van der Waals surface area contributed by atoms with Crippen LogP contribution >= 0.6 is 23.4 Å². The summed E-state index contributed by atoms with van der Waals surface area (Å²) >= 11 is 7.65. The normalized spacial score (nSPS) is 16.1. The Balaban J connectivity index is 1.75. The van der Waals surface area contributed by atoms with Gasteiger partial charge in [-0.1, -0.05) is 23.7 Å². The van der Waals surface area contributed by atoms with Gasteiger partial charge in [0.1, 0.15) is 0 Å². The van der Waals surface area contributed by atoms with Crippen LogP contribution in [0.2, 0.25) is 5.02 Å². The van der Waals surface area contributed by atoms with E-state index in [1.807, 2.05) is 31.3 Å². The second-order valence-electron chi connectivity index (χ2n) is 5.14. The third-order valence-electron chi connectivity index (χ3n) is 3.49. The highest BCUT2D eigenvalue weighted by Crippen LogP contribution is 2.20. The van der Waals surface area contributed by atoms with E-state index in [1.165, 1.54) is 12.8 Å². The van der Waals surface area contributed by atoms with Crippen LogP contribution in [-0.2, 0) is 11.3 Å². The molecule has 0 unspecified atom stereocenters. The molecule has 0 spiro atoms. The smallest absolute Gasteiger partial charge is 0.232 e. The Morgan fingerprint density at radius 3 is 2.65 bits per heavy atom. The van der Waals surface area contributed by atoms with Gasteiger partial charge >= 0.3 is 0 Å². The van der Waals surface area contributed by atoms with Gasteiger partial charge in [-0.3, -0.25) is 4.79 Å². The highest BCUT2D eigenvalue weighted by molar-refractivity contribution is 8.00. The summed E-state index contributed by atoms with van der Waals surface area (Å²) < 4.78 is 0.